The van der Waals surface area contributed by atoms with E-state index < -0.39 is 17.7 Å². The lowest BCUT2D eigenvalue weighted by molar-refractivity contribution is -0.128. The van der Waals surface area contributed by atoms with Crippen LogP contribution < -0.4 is 0 Å². The fourth-order valence-corrected chi connectivity index (χ4v) is 3.63. The molecule has 0 radical (unpaired) electrons. The summed E-state index contributed by atoms with van der Waals surface area (Å²) in [5, 5.41) is 0. The Morgan fingerprint density at radius 1 is 1.00 bits per heavy atom. The molecule has 0 aromatic heterocycles. The Morgan fingerprint density at radius 2 is 1.46 bits per heavy atom. The number of benzene rings is 2. The third-order valence-corrected chi connectivity index (χ3v) is 4.52. The van der Waals surface area contributed by atoms with Gasteiger partial charge in [-0.15, -0.1) is 0 Å². The van der Waals surface area contributed by atoms with Crippen LogP contribution in [-0.4, -0.2) is 22.9 Å². The molecule has 2 aromatic carbocycles. The highest BCUT2D eigenvalue weighted by Crippen LogP contribution is 2.47. The van der Waals surface area contributed by atoms with Crippen molar-refractivity contribution in [3.8, 4) is 0 Å². The second-order valence-electron chi connectivity index (χ2n) is 6.41. The molecule has 0 saturated carbocycles. The van der Waals surface area contributed by atoms with Gasteiger partial charge in [-0.1, -0.05) is 74.5 Å². The van der Waals surface area contributed by atoms with Crippen LogP contribution in [0, 0.1) is 5.92 Å². The molecule has 24 heavy (non-hydrogen) atoms. The molecule has 0 N–H and O–H groups in total. The molecule has 124 valence electrons. The van der Waals surface area contributed by atoms with Gasteiger partial charge in [-0.05, 0) is 5.92 Å². The van der Waals surface area contributed by atoms with Crippen molar-refractivity contribution in [1.82, 2.24) is 4.90 Å². The summed E-state index contributed by atoms with van der Waals surface area (Å²) in [5.41, 5.74) is 0.735. The molecule has 3 rings (SSSR count). The zero-order valence-corrected chi connectivity index (χ0v) is 14.1. The number of hydrogen-bond donors (Lipinski definition) is 0. The van der Waals surface area contributed by atoms with Gasteiger partial charge in [0, 0.05) is 18.1 Å². The van der Waals surface area contributed by atoms with E-state index in [4.69, 9.17) is 4.74 Å². The Balaban J connectivity index is 2.29. The average Bonchev–Trinajstić information content (AvgIpc) is 2.91. The highest BCUT2D eigenvalue weighted by atomic mass is 16.6. The second kappa shape index (κ2) is 6.11. The number of carbonyl (C=O) groups excluding carboxylic acids is 2. The first kappa shape index (κ1) is 16.2. The molecule has 1 atom stereocenters. The van der Waals surface area contributed by atoms with Crippen molar-refractivity contribution in [2.45, 2.75) is 32.4 Å². The van der Waals surface area contributed by atoms with Crippen LogP contribution in [0.4, 0.5) is 4.79 Å². The summed E-state index contributed by atoms with van der Waals surface area (Å²) in [4.78, 5) is 26.0. The average molecular weight is 323 g/mol. The molecule has 1 fully saturated rings. The Kier molecular flexibility index (Phi) is 4.14. The van der Waals surface area contributed by atoms with E-state index in [9.17, 15) is 9.59 Å². The van der Waals surface area contributed by atoms with Crippen molar-refractivity contribution in [1.29, 1.82) is 0 Å². The molecule has 1 heterocycles. The second-order valence-corrected chi connectivity index (χ2v) is 6.41. The molecule has 0 unspecified atom stereocenters. The van der Waals surface area contributed by atoms with Crippen LogP contribution in [0.1, 0.15) is 31.9 Å². The van der Waals surface area contributed by atoms with Gasteiger partial charge in [0.25, 0.3) is 0 Å². The van der Waals surface area contributed by atoms with E-state index in [0.717, 1.165) is 11.1 Å². The highest BCUT2D eigenvalue weighted by Gasteiger charge is 2.58. The molecular formula is C20H21NO3. The van der Waals surface area contributed by atoms with Crippen LogP contribution in [0.2, 0.25) is 0 Å². The molecular weight excluding hydrogens is 302 g/mol. The molecule has 4 nitrogen and oxygen atoms in total. The molecule has 0 aliphatic carbocycles. The summed E-state index contributed by atoms with van der Waals surface area (Å²) in [5.74, 6) is -0.270. The van der Waals surface area contributed by atoms with Crippen molar-refractivity contribution in [2.24, 2.45) is 5.92 Å². The van der Waals surface area contributed by atoms with E-state index in [1.165, 1.54) is 11.8 Å². The lowest BCUT2D eigenvalue weighted by atomic mass is 9.76. The third kappa shape index (κ3) is 2.39. The molecule has 0 bridgehead atoms. The number of rotatable bonds is 3. The number of carbonyl (C=O) groups is 2. The molecule has 2 aromatic rings. The van der Waals surface area contributed by atoms with Crippen molar-refractivity contribution in [3.05, 3.63) is 71.8 Å². The van der Waals surface area contributed by atoms with E-state index >= 15 is 0 Å². The van der Waals surface area contributed by atoms with Crippen LogP contribution in [0.5, 0.6) is 0 Å². The predicted molar refractivity (Wildman–Crippen MR) is 91.3 cm³/mol. The number of imide groups is 1. The SMILES string of the molecule is CC(=O)N1C(=O)OC(c2ccccc2)(c2ccccc2)[C@H]1C(C)C. The van der Waals surface area contributed by atoms with Gasteiger partial charge in [-0.3, -0.25) is 4.79 Å². The monoisotopic (exact) mass is 323 g/mol. The lowest BCUT2D eigenvalue weighted by Gasteiger charge is -2.37. The van der Waals surface area contributed by atoms with Gasteiger partial charge in [0.1, 0.15) is 0 Å². The minimum atomic E-state index is -1.00. The summed E-state index contributed by atoms with van der Waals surface area (Å²) in [6.07, 6.45) is -0.589. The summed E-state index contributed by atoms with van der Waals surface area (Å²) < 4.78 is 5.94. The number of hydrogen-bond acceptors (Lipinski definition) is 3. The normalized spacial score (nSPS) is 19.4. The summed E-state index contributed by atoms with van der Waals surface area (Å²) in [7, 11) is 0. The first-order valence-corrected chi connectivity index (χ1v) is 8.12. The summed E-state index contributed by atoms with van der Waals surface area (Å²) >= 11 is 0. The minimum absolute atomic E-state index is 0.0285. The van der Waals surface area contributed by atoms with Gasteiger partial charge in [0.05, 0.1) is 6.04 Å². The van der Waals surface area contributed by atoms with Crippen molar-refractivity contribution < 1.29 is 14.3 Å². The molecule has 0 spiro atoms. The van der Waals surface area contributed by atoms with Gasteiger partial charge in [-0.2, -0.15) is 0 Å². The van der Waals surface area contributed by atoms with Crippen LogP contribution in [0.25, 0.3) is 0 Å². The Labute approximate surface area is 142 Å². The van der Waals surface area contributed by atoms with E-state index in [1.807, 2.05) is 74.5 Å². The molecule has 1 saturated heterocycles. The standard InChI is InChI=1S/C20H21NO3/c1-14(2)18-20(16-10-6-4-7-11-16,17-12-8-5-9-13-17)24-19(23)21(18)15(3)22/h4-14,18H,1-3H3/t18-/m1/s1. The maximum Gasteiger partial charge on any atom is 0.418 e. The highest BCUT2D eigenvalue weighted by molar-refractivity contribution is 5.93. The predicted octanol–water partition coefficient (Wildman–Crippen LogP) is 3.95. The van der Waals surface area contributed by atoms with Crippen LogP contribution >= 0.6 is 0 Å². The Hall–Kier alpha value is -2.62. The van der Waals surface area contributed by atoms with E-state index in [1.54, 1.807) is 0 Å². The van der Waals surface area contributed by atoms with Crippen LogP contribution in [0.15, 0.2) is 60.7 Å². The smallest absolute Gasteiger partial charge is 0.418 e. The van der Waals surface area contributed by atoms with Gasteiger partial charge in [0.15, 0.2) is 5.60 Å². The zero-order valence-electron chi connectivity index (χ0n) is 14.1. The summed E-state index contributed by atoms with van der Waals surface area (Å²) in [6.45, 7) is 5.41. The van der Waals surface area contributed by atoms with Gasteiger partial charge < -0.3 is 4.74 Å². The summed E-state index contributed by atoms with van der Waals surface area (Å²) in [6, 6.07) is 18.9. The van der Waals surface area contributed by atoms with Crippen molar-refractivity contribution in [2.75, 3.05) is 0 Å². The Morgan fingerprint density at radius 3 is 1.83 bits per heavy atom. The zero-order chi connectivity index (χ0) is 17.3. The topological polar surface area (TPSA) is 46.6 Å². The molecule has 1 aliphatic heterocycles. The number of amides is 2. The first-order valence-electron chi connectivity index (χ1n) is 8.12. The Bertz CT molecular complexity index is 700. The van der Waals surface area contributed by atoms with E-state index in [2.05, 4.69) is 0 Å². The van der Waals surface area contributed by atoms with Crippen molar-refractivity contribution >= 4 is 12.0 Å². The molecule has 1 aliphatic rings. The maximum atomic E-state index is 12.6. The van der Waals surface area contributed by atoms with Crippen LogP contribution in [-0.2, 0) is 15.1 Å². The van der Waals surface area contributed by atoms with Crippen molar-refractivity contribution in [3.63, 3.8) is 0 Å². The van der Waals surface area contributed by atoms with Gasteiger partial charge in [-0.25, -0.2) is 9.69 Å². The molecule has 2 amide bonds. The van der Waals surface area contributed by atoms with Crippen LogP contribution in [0.3, 0.4) is 0 Å². The largest absolute Gasteiger partial charge is 0.430 e. The number of nitrogens with zero attached hydrogens (tertiary/aromatic N) is 1. The minimum Gasteiger partial charge on any atom is -0.430 e. The fourth-order valence-electron chi connectivity index (χ4n) is 3.63. The maximum absolute atomic E-state index is 12.6. The number of cyclic esters (lactones) is 1. The first-order chi connectivity index (χ1) is 11.5. The van der Waals surface area contributed by atoms with Gasteiger partial charge in [0.2, 0.25) is 5.91 Å². The lowest BCUT2D eigenvalue weighted by Crippen LogP contribution is -2.49. The fraction of sp³-hybridized carbons (Fsp3) is 0.300. The molecule has 4 heteroatoms. The van der Waals surface area contributed by atoms with Gasteiger partial charge >= 0.3 is 6.09 Å². The third-order valence-electron chi connectivity index (χ3n) is 4.52. The van der Waals surface area contributed by atoms with E-state index in [-0.39, 0.29) is 11.8 Å². The number of ether oxygens (including phenoxy) is 1. The quantitative estimate of drug-likeness (QED) is 0.859. The van der Waals surface area contributed by atoms with E-state index in [0.29, 0.717) is 0 Å².